The van der Waals surface area contributed by atoms with Crippen molar-refractivity contribution in [3.63, 3.8) is 0 Å². The van der Waals surface area contributed by atoms with Gasteiger partial charge >= 0.3 is 0 Å². The molecule has 0 atom stereocenters. The van der Waals surface area contributed by atoms with Crippen LogP contribution in [0, 0.1) is 11.8 Å². The van der Waals surface area contributed by atoms with Crippen LogP contribution in [0.3, 0.4) is 0 Å². The third-order valence-electron chi connectivity index (χ3n) is 2.36. The summed E-state index contributed by atoms with van der Waals surface area (Å²) in [4.78, 5) is 10.6. The number of nitrogens with zero attached hydrogens (tertiary/aromatic N) is 3. The maximum atomic E-state index is 5.60. The number of rotatable bonds is 6. The molecular formula is C13H24N4. The molecule has 0 unspecified atom stereocenters. The van der Waals surface area contributed by atoms with Crippen LogP contribution in [0.1, 0.15) is 33.4 Å². The third kappa shape index (κ3) is 5.63. The molecule has 0 amide bonds. The van der Waals surface area contributed by atoms with E-state index in [1.165, 1.54) is 0 Å². The molecule has 0 bridgehead atoms. The summed E-state index contributed by atoms with van der Waals surface area (Å²) in [7, 11) is 0. The van der Waals surface area contributed by atoms with Crippen molar-refractivity contribution >= 4 is 5.95 Å². The SMILES string of the molecule is CC(C)CN(Cc1ccnc(N)n1)CC(C)C. The van der Waals surface area contributed by atoms with E-state index in [9.17, 15) is 0 Å². The van der Waals surface area contributed by atoms with Crippen LogP contribution < -0.4 is 5.73 Å². The summed E-state index contributed by atoms with van der Waals surface area (Å²) in [6, 6.07) is 1.93. The Morgan fingerprint density at radius 3 is 2.24 bits per heavy atom. The fraction of sp³-hybridized carbons (Fsp3) is 0.692. The summed E-state index contributed by atoms with van der Waals surface area (Å²) >= 11 is 0. The Morgan fingerprint density at radius 2 is 1.76 bits per heavy atom. The van der Waals surface area contributed by atoms with Crippen LogP contribution in [0.4, 0.5) is 5.95 Å². The smallest absolute Gasteiger partial charge is 0.220 e. The van der Waals surface area contributed by atoms with Crippen LogP contribution >= 0.6 is 0 Å². The molecule has 2 N–H and O–H groups in total. The van der Waals surface area contributed by atoms with Gasteiger partial charge < -0.3 is 5.73 Å². The molecule has 1 aromatic heterocycles. The molecule has 0 spiro atoms. The predicted molar refractivity (Wildman–Crippen MR) is 71.4 cm³/mol. The fourth-order valence-electron chi connectivity index (χ4n) is 1.97. The molecule has 0 aromatic carbocycles. The second-order valence-corrected chi connectivity index (χ2v) is 5.39. The molecule has 96 valence electrons. The number of anilines is 1. The van der Waals surface area contributed by atoms with Crippen molar-refractivity contribution in [2.45, 2.75) is 34.2 Å². The first-order chi connectivity index (χ1) is 7.97. The molecule has 1 heterocycles. The average molecular weight is 236 g/mol. The second kappa shape index (κ2) is 6.55. The molecule has 0 aliphatic heterocycles. The van der Waals surface area contributed by atoms with Gasteiger partial charge in [-0.25, -0.2) is 9.97 Å². The molecule has 4 nitrogen and oxygen atoms in total. The first kappa shape index (κ1) is 13.9. The van der Waals surface area contributed by atoms with Crippen molar-refractivity contribution in [3.8, 4) is 0 Å². The Morgan fingerprint density at radius 1 is 1.18 bits per heavy atom. The van der Waals surface area contributed by atoms with Crippen LogP contribution in [-0.2, 0) is 6.54 Å². The zero-order chi connectivity index (χ0) is 12.8. The lowest BCUT2D eigenvalue weighted by atomic mass is 10.1. The minimum Gasteiger partial charge on any atom is -0.368 e. The zero-order valence-corrected chi connectivity index (χ0v) is 11.3. The number of nitrogens with two attached hydrogens (primary N) is 1. The summed E-state index contributed by atoms with van der Waals surface area (Å²) in [5, 5.41) is 0. The van der Waals surface area contributed by atoms with E-state index < -0.39 is 0 Å². The molecule has 0 radical (unpaired) electrons. The van der Waals surface area contributed by atoms with Crippen molar-refractivity contribution in [1.29, 1.82) is 0 Å². The Hall–Kier alpha value is -1.16. The fourth-order valence-corrected chi connectivity index (χ4v) is 1.97. The van der Waals surface area contributed by atoms with Gasteiger partial charge in [0.1, 0.15) is 0 Å². The van der Waals surface area contributed by atoms with Crippen LogP contribution in [0.5, 0.6) is 0 Å². The van der Waals surface area contributed by atoms with Gasteiger partial charge in [-0.1, -0.05) is 27.7 Å². The maximum absolute atomic E-state index is 5.60. The lowest BCUT2D eigenvalue weighted by molar-refractivity contribution is 0.209. The van der Waals surface area contributed by atoms with E-state index in [2.05, 4.69) is 42.6 Å². The summed E-state index contributed by atoms with van der Waals surface area (Å²) in [5.41, 5.74) is 6.59. The van der Waals surface area contributed by atoms with Crippen molar-refractivity contribution < 1.29 is 0 Å². The molecule has 0 saturated heterocycles. The van der Waals surface area contributed by atoms with Gasteiger partial charge in [0, 0.05) is 25.8 Å². The van der Waals surface area contributed by atoms with Gasteiger partial charge in [0.15, 0.2) is 0 Å². The quantitative estimate of drug-likeness (QED) is 0.822. The van der Waals surface area contributed by atoms with Gasteiger partial charge in [0.05, 0.1) is 5.69 Å². The number of nitrogen functional groups attached to an aromatic ring is 1. The minimum atomic E-state index is 0.358. The van der Waals surface area contributed by atoms with Gasteiger partial charge in [0.25, 0.3) is 0 Å². The van der Waals surface area contributed by atoms with E-state index in [-0.39, 0.29) is 0 Å². The molecular weight excluding hydrogens is 212 g/mol. The standard InChI is InChI=1S/C13H24N4/c1-10(2)7-17(8-11(3)4)9-12-5-6-15-13(14)16-12/h5-6,10-11H,7-9H2,1-4H3,(H2,14,15,16). The maximum Gasteiger partial charge on any atom is 0.220 e. The van der Waals surface area contributed by atoms with E-state index in [4.69, 9.17) is 5.73 Å². The molecule has 0 fully saturated rings. The second-order valence-electron chi connectivity index (χ2n) is 5.39. The van der Waals surface area contributed by atoms with Crippen LogP contribution in [0.25, 0.3) is 0 Å². The topological polar surface area (TPSA) is 55.0 Å². The highest BCUT2D eigenvalue weighted by atomic mass is 15.1. The largest absolute Gasteiger partial charge is 0.368 e. The first-order valence-corrected chi connectivity index (χ1v) is 6.27. The number of aromatic nitrogens is 2. The van der Waals surface area contributed by atoms with Crippen molar-refractivity contribution in [1.82, 2.24) is 14.9 Å². The Balaban J connectivity index is 2.64. The van der Waals surface area contributed by atoms with Crippen molar-refractivity contribution in [2.75, 3.05) is 18.8 Å². The van der Waals surface area contributed by atoms with E-state index >= 15 is 0 Å². The van der Waals surface area contributed by atoms with Gasteiger partial charge in [-0.15, -0.1) is 0 Å². The van der Waals surface area contributed by atoms with Crippen LogP contribution in [0.15, 0.2) is 12.3 Å². The van der Waals surface area contributed by atoms with Gasteiger partial charge in [-0.2, -0.15) is 0 Å². The minimum absolute atomic E-state index is 0.358. The first-order valence-electron chi connectivity index (χ1n) is 6.27. The molecule has 1 aromatic rings. The lowest BCUT2D eigenvalue weighted by Crippen LogP contribution is -2.31. The van der Waals surface area contributed by atoms with E-state index in [0.29, 0.717) is 17.8 Å². The number of hydrogen-bond acceptors (Lipinski definition) is 4. The van der Waals surface area contributed by atoms with E-state index in [1.807, 2.05) is 6.07 Å². The summed E-state index contributed by atoms with van der Waals surface area (Å²) in [6.45, 7) is 12.0. The van der Waals surface area contributed by atoms with Gasteiger partial charge in [0.2, 0.25) is 5.95 Å². The Labute approximate surface area is 104 Å². The molecule has 17 heavy (non-hydrogen) atoms. The summed E-state index contributed by atoms with van der Waals surface area (Å²) in [5.74, 6) is 1.68. The zero-order valence-electron chi connectivity index (χ0n) is 11.3. The molecule has 0 saturated carbocycles. The average Bonchev–Trinajstić information content (AvgIpc) is 2.14. The van der Waals surface area contributed by atoms with Crippen molar-refractivity contribution in [2.24, 2.45) is 11.8 Å². The molecule has 1 rings (SSSR count). The lowest BCUT2D eigenvalue weighted by Gasteiger charge is -2.25. The third-order valence-corrected chi connectivity index (χ3v) is 2.36. The molecule has 4 heteroatoms. The predicted octanol–water partition coefficient (Wildman–Crippen LogP) is 2.17. The number of hydrogen-bond donors (Lipinski definition) is 1. The summed E-state index contributed by atoms with van der Waals surface area (Å²) < 4.78 is 0. The normalized spacial score (nSPS) is 11.7. The van der Waals surface area contributed by atoms with Crippen LogP contribution in [-0.4, -0.2) is 28.0 Å². The van der Waals surface area contributed by atoms with Gasteiger partial charge in [-0.3, -0.25) is 4.90 Å². The van der Waals surface area contributed by atoms with E-state index in [0.717, 1.165) is 25.3 Å². The summed E-state index contributed by atoms with van der Waals surface area (Å²) in [6.07, 6.45) is 1.72. The Kier molecular flexibility index (Phi) is 5.35. The van der Waals surface area contributed by atoms with Crippen molar-refractivity contribution in [3.05, 3.63) is 18.0 Å². The highest BCUT2D eigenvalue weighted by molar-refractivity contribution is 5.17. The van der Waals surface area contributed by atoms with E-state index in [1.54, 1.807) is 6.20 Å². The van der Waals surface area contributed by atoms with Crippen LogP contribution in [0.2, 0.25) is 0 Å². The Bertz CT molecular complexity index is 326. The monoisotopic (exact) mass is 236 g/mol. The molecule has 0 aliphatic carbocycles. The highest BCUT2D eigenvalue weighted by Crippen LogP contribution is 2.08. The molecule has 0 aliphatic rings. The van der Waals surface area contributed by atoms with Gasteiger partial charge in [-0.05, 0) is 17.9 Å². The highest BCUT2D eigenvalue weighted by Gasteiger charge is 2.11.